The Bertz CT molecular complexity index is 1430. The van der Waals surface area contributed by atoms with Crippen molar-refractivity contribution in [1.82, 2.24) is 15.4 Å². The summed E-state index contributed by atoms with van der Waals surface area (Å²) in [5, 5.41) is 12.1. The number of hydrogen-bond donors (Lipinski definition) is 1. The van der Waals surface area contributed by atoms with Crippen molar-refractivity contribution in [2.45, 2.75) is 17.7 Å². The smallest absolute Gasteiger partial charge is 0.270 e. The molecule has 1 aliphatic rings. The average molecular weight is 484 g/mol. The van der Waals surface area contributed by atoms with Crippen LogP contribution >= 0.6 is 0 Å². The minimum Gasteiger partial charge on any atom is -0.495 e. The van der Waals surface area contributed by atoms with E-state index in [0.717, 1.165) is 12.0 Å². The molecule has 2 aromatic carbocycles. The van der Waals surface area contributed by atoms with Crippen LogP contribution in [0, 0.1) is 0 Å². The van der Waals surface area contributed by atoms with Gasteiger partial charge in [0.2, 0.25) is 5.88 Å². The Kier molecular flexibility index (Phi) is 5.57. The molecule has 1 aliphatic heterocycles. The molecule has 0 radical (unpaired) electrons. The average Bonchev–Trinajstić information content (AvgIpc) is 3.26. The van der Waals surface area contributed by atoms with Crippen LogP contribution in [0.1, 0.15) is 12.0 Å². The standard InChI is InChI=1S/C22H20N4O7S/c1-29-14-7-3-8-15(30-2)21(14)34(27,28)26-22-19-17(33-25-22)12-16(13-6-5-11-31-20(13)19)32-18-9-4-10-23-24-18/h3-4,7-10,12H,5-6,11H2,1-2H3,(H,25,26). The van der Waals surface area contributed by atoms with Gasteiger partial charge in [-0.1, -0.05) is 11.2 Å². The summed E-state index contributed by atoms with van der Waals surface area (Å²) in [6, 6.07) is 9.69. The lowest BCUT2D eigenvalue weighted by Crippen LogP contribution is -2.16. The lowest BCUT2D eigenvalue weighted by Gasteiger charge is -2.21. The molecule has 4 aromatic rings. The van der Waals surface area contributed by atoms with Gasteiger partial charge in [-0.25, -0.2) is 8.42 Å². The number of methoxy groups -OCH3 is 2. The molecule has 0 fully saturated rings. The van der Waals surface area contributed by atoms with Crippen molar-refractivity contribution in [2.75, 3.05) is 25.5 Å². The largest absolute Gasteiger partial charge is 0.495 e. The summed E-state index contributed by atoms with van der Waals surface area (Å²) in [7, 11) is -1.42. The van der Waals surface area contributed by atoms with Gasteiger partial charge in [-0.15, -0.1) is 5.10 Å². The van der Waals surface area contributed by atoms with E-state index >= 15 is 0 Å². The molecule has 1 N–H and O–H groups in total. The van der Waals surface area contributed by atoms with E-state index in [2.05, 4.69) is 20.1 Å². The highest BCUT2D eigenvalue weighted by Gasteiger charge is 2.30. The molecule has 0 saturated carbocycles. The predicted octanol–water partition coefficient (Wildman–Crippen LogP) is 3.55. The normalized spacial score (nSPS) is 13.1. The van der Waals surface area contributed by atoms with E-state index < -0.39 is 10.0 Å². The molecule has 5 rings (SSSR count). The summed E-state index contributed by atoms with van der Waals surface area (Å²) in [6.45, 7) is 0.453. The van der Waals surface area contributed by atoms with E-state index in [1.54, 1.807) is 30.5 Å². The zero-order valence-electron chi connectivity index (χ0n) is 18.3. The van der Waals surface area contributed by atoms with Crippen molar-refractivity contribution < 1.29 is 31.9 Å². The molecule has 0 aliphatic carbocycles. The SMILES string of the molecule is COc1cccc(OC)c1S(=O)(=O)Nc1noc2cc(Oc3cccnn3)c3c(c12)OCCC3. The molecule has 0 atom stereocenters. The monoisotopic (exact) mass is 484 g/mol. The fraction of sp³-hybridized carbons (Fsp3) is 0.227. The van der Waals surface area contributed by atoms with E-state index in [1.807, 2.05) is 0 Å². The third-order valence-electron chi connectivity index (χ3n) is 5.24. The summed E-state index contributed by atoms with van der Waals surface area (Å²) < 4.78 is 57.0. The quantitative estimate of drug-likeness (QED) is 0.415. The molecule has 2 aromatic heterocycles. The van der Waals surface area contributed by atoms with Crippen molar-refractivity contribution in [3.05, 3.63) is 48.2 Å². The Hall–Kier alpha value is -4.06. The van der Waals surface area contributed by atoms with Crippen LogP contribution < -0.4 is 23.7 Å². The third kappa shape index (κ3) is 3.81. The van der Waals surface area contributed by atoms with E-state index in [4.69, 9.17) is 23.5 Å². The first-order chi connectivity index (χ1) is 16.5. The Morgan fingerprint density at radius 2 is 1.85 bits per heavy atom. The fourth-order valence-electron chi connectivity index (χ4n) is 3.78. The number of ether oxygens (including phenoxy) is 4. The second-order valence-corrected chi connectivity index (χ2v) is 8.92. The number of anilines is 1. The van der Waals surface area contributed by atoms with Gasteiger partial charge >= 0.3 is 0 Å². The van der Waals surface area contributed by atoms with Crippen LogP contribution in [0.25, 0.3) is 11.0 Å². The number of fused-ring (bicyclic) bond motifs is 3. The summed E-state index contributed by atoms with van der Waals surface area (Å²) in [4.78, 5) is -0.159. The maximum Gasteiger partial charge on any atom is 0.270 e. The van der Waals surface area contributed by atoms with Crippen LogP contribution in [-0.2, 0) is 16.4 Å². The van der Waals surface area contributed by atoms with Crippen LogP contribution in [-0.4, -0.2) is 44.6 Å². The summed E-state index contributed by atoms with van der Waals surface area (Å²) in [5.41, 5.74) is 1.03. The molecule has 0 bridgehead atoms. The topological polar surface area (TPSA) is 135 Å². The van der Waals surface area contributed by atoms with Gasteiger partial charge in [0.1, 0.15) is 28.4 Å². The van der Waals surface area contributed by atoms with Crippen molar-refractivity contribution in [1.29, 1.82) is 0 Å². The fourth-order valence-corrected chi connectivity index (χ4v) is 5.11. The number of aromatic nitrogens is 3. The highest BCUT2D eigenvalue weighted by molar-refractivity contribution is 7.93. The lowest BCUT2D eigenvalue weighted by molar-refractivity contribution is 0.288. The Balaban J connectivity index is 1.60. The van der Waals surface area contributed by atoms with Gasteiger partial charge in [-0.05, 0) is 31.0 Å². The minimum atomic E-state index is -4.17. The molecule has 0 saturated heterocycles. The second kappa shape index (κ2) is 8.71. The molecule has 11 nitrogen and oxygen atoms in total. The predicted molar refractivity (Wildman–Crippen MR) is 120 cm³/mol. The maximum atomic E-state index is 13.3. The van der Waals surface area contributed by atoms with Gasteiger partial charge in [-0.2, -0.15) is 5.10 Å². The van der Waals surface area contributed by atoms with E-state index in [0.29, 0.717) is 35.8 Å². The number of nitrogens with zero attached hydrogens (tertiary/aromatic N) is 3. The van der Waals surface area contributed by atoms with Gasteiger partial charge in [-0.3, -0.25) is 4.72 Å². The molecule has 0 amide bonds. The molecule has 176 valence electrons. The van der Waals surface area contributed by atoms with Crippen LogP contribution in [0.2, 0.25) is 0 Å². The van der Waals surface area contributed by atoms with Crippen molar-refractivity contribution in [3.8, 4) is 28.9 Å². The number of hydrogen-bond acceptors (Lipinski definition) is 10. The zero-order chi connectivity index (χ0) is 23.7. The molecule has 0 spiro atoms. The van der Waals surface area contributed by atoms with Gasteiger partial charge in [0, 0.05) is 23.9 Å². The van der Waals surface area contributed by atoms with Crippen LogP contribution in [0.4, 0.5) is 5.82 Å². The van der Waals surface area contributed by atoms with Crippen molar-refractivity contribution in [2.24, 2.45) is 0 Å². The number of sulfonamides is 1. The molecule has 34 heavy (non-hydrogen) atoms. The first-order valence-electron chi connectivity index (χ1n) is 10.3. The van der Waals surface area contributed by atoms with Gasteiger partial charge < -0.3 is 23.5 Å². The Labute approximate surface area is 194 Å². The molecule has 0 unspecified atom stereocenters. The first-order valence-corrected chi connectivity index (χ1v) is 11.8. The van der Waals surface area contributed by atoms with Crippen molar-refractivity contribution in [3.63, 3.8) is 0 Å². The van der Waals surface area contributed by atoms with Gasteiger partial charge in [0.05, 0.1) is 20.8 Å². The molecular weight excluding hydrogens is 464 g/mol. The highest BCUT2D eigenvalue weighted by Crippen LogP contribution is 2.45. The van der Waals surface area contributed by atoms with Crippen molar-refractivity contribution >= 4 is 26.8 Å². The third-order valence-corrected chi connectivity index (χ3v) is 6.64. The van der Waals surface area contributed by atoms with E-state index in [-0.39, 0.29) is 27.8 Å². The highest BCUT2D eigenvalue weighted by atomic mass is 32.2. The second-order valence-electron chi connectivity index (χ2n) is 7.30. The minimum absolute atomic E-state index is 0.0211. The Morgan fingerprint density at radius 3 is 2.56 bits per heavy atom. The van der Waals surface area contributed by atoms with E-state index in [9.17, 15) is 8.42 Å². The summed E-state index contributed by atoms with van der Waals surface area (Å²) >= 11 is 0. The van der Waals surface area contributed by atoms with Crippen LogP contribution in [0.5, 0.6) is 28.9 Å². The zero-order valence-corrected chi connectivity index (χ0v) is 19.1. The summed E-state index contributed by atoms with van der Waals surface area (Å²) in [5.74, 6) is 1.44. The Morgan fingerprint density at radius 1 is 1.06 bits per heavy atom. The number of benzene rings is 2. The van der Waals surface area contributed by atoms with Crippen LogP contribution in [0.3, 0.4) is 0 Å². The molecule has 12 heteroatoms. The van der Waals surface area contributed by atoms with E-state index in [1.165, 1.54) is 26.4 Å². The molecular formula is C22H20N4O7S. The number of rotatable bonds is 7. The maximum absolute atomic E-state index is 13.3. The molecule has 3 heterocycles. The van der Waals surface area contributed by atoms with Gasteiger partial charge in [0.15, 0.2) is 16.3 Å². The number of nitrogens with one attached hydrogen (secondary N) is 1. The first kappa shape index (κ1) is 21.8. The summed E-state index contributed by atoms with van der Waals surface area (Å²) in [6.07, 6.45) is 2.96. The lowest BCUT2D eigenvalue weighted by atomic mass is 10.0. The van der Waals surface area contributed by atoms with Crippen LogP contribution in [0.15, 0.2) is 52.0 Å². The van der Waals surface area contributed by atoms with Gasteiger partial charge in [0.25, 0.3) is 10.0 Å².